The van der Waals surface area contributed by atoms with Gasteiger partial charge in [-0.05, 0) is 32.0 Å². The van der Waals surface area contributed by atoms with E-state index < -0.39 is 0 Å². The number of hydrogen-bond donors (Lipinski definition) is 1. The van der Waals surface area contributed by atoms with Crippen molar-refractivity contribution in [2.24, 2.45) is 0 Å². The maximum atomic E-state index is 13.0. The standard InChI is InChI=1S/C20H30N4O3/c1-20(2)13-21-8-9-24(20)18(25)11-15-12-27-17-7-6-14(19(26)22(3)4)10-16(17)23(15)5/h6-7,10,15,21H,8-9,11-13H2,1-5H3. The minimum Gasteiger partial charge on any atom is -0.489 e. The summed E-state index contributed by atoms with van der Waals surface area (Å²) in [6, 6.07) is 5.41. The molecule has 0 radical (unpaired) electrons. The molecule has 0 aromatic heterocycles. The molecule has 3 rings (SSSR count). The fourth-order valence-corrected chi connectivity index (χ4v) is 3.75. The first-order valence-corrected chi connectivity index (χ1v) is 9.43. The fourth-order valence-electron chi connectivity index (χ4n) is 3.75. The molecule has 2 heterocycles. The third kappa shape index (κ3) is 3.88. The highest BCUT2D eigenvalue weighted by Gasteiger charge is 2.36. The number of hydrogen-bond acceptors (Lipinski definition) is 5. The minimum absolute atomic E-state index is 0.0491. The van der Waals surface area contributed by atoms with Crippen LogP contribution in [-0.4, -0.2) is 80.6 Å². The van der Waals surface area contributed by atoms with Crippen LogP contribution >= 0.6 is 0 Å². The highest BCUT2D eigenvalue weighted by Crippen LogP contribution is 2.35. The van der Waals surface area contributed by atoms with Crippen molar-refractivity contribution in [1.82, 2.24) is 15.1 Å². The van der Waals surface area contributed by atoms with E-state index in [1.165, 1.54) is 0 Å². The Morgan fingerprint density at radius 2 is 2.07 bits per heavy atom. The number of nitrogens with one attached hydrogen (secondary N) is 1. The lowest BCUT2D eigenvalue weighted by Gasteiger charge is -2.44. The van der Waals surface area contributed by atoms with Crippen LogP contribution in [0.3, 0.4) is 0 Å². The first kappa shape index (κ1) is 19.5. The Morgan fingerprint density at radius 1 is 1.33 bits per heavy atom. The molecular weight excluding hydrogens is 344 g/mol. The molecule has 1 aromatic rings. The quantitative estimate of drug-likeness (QED) is 0.861. The van der Waals surface area contributed by atoms with Crippen molar-refractivity contribution in [2.75, 3.05) is 52.3 Å². The van der Waals surface area contributed by atoms with Crippen molar-refractivity contribution in [2.45, 2.75) is 31.8 Å². The molecule has 7 heteroatoms. The van der Waals surface area contributed by atoms with Gasteiger partial charge in [-0.1, -0.05) is 0 Å². The van der Waals surface area contributed by atoms with E-state index in [1.54, 1.807) is 25.1 Å². The van der Waals surface area contributed by atoms with Gasteiger partial charge in [0, 0.05) is 51.9 Å². The van der Waals surface area contributed by atoms with E-state index in [4.69, 9.17) is 4.74 Å². The van der Waals surface area contributed by atoms with Gasteiger partial charge in [0.25, 0.3) is 5.91 Å². The number of amides is 2. The van der Waals surface area contributed by atoms with Crippen LogP contribution in [0.2, 0.25) is 0 Å². The highest BCUT2D eigenvalue weighted by atomic mass is 16.5. The first-order valence-electron chi connectivity index (χ1n) is 9.43. The zero-order valence-electron chi connectivity index (χ0n) is 16.9. The molecule has 1 fully saturated rings. The number of carbonyl (C=O) groups excluding carboxylic acids is 2. The lowest BCUT2D eigenvalue weighted by Crippen LogP contribution is -2.60. The lowest BCUT2D eigenvalue weighted by molar-refractivity contribution is -0.138. The number of benzene rings is 1. The zero-order valence-corrected chi connectivity index (χ0v) is 16.9. The topological polar surface area (TPSA) is 65.1 Å². The number of fused-ring (bicyclic) bond motifs is 1. The van der Waals surface area contributed by atoms with Crippen molar-refractivity contribution in [3.05, 3.63) is 23.8 Å². The van der Waals surface area contributed by atoms with Gasteiger partial charge >= 0.3 is 0 Å². The number of nitrogens with zero attached hydrogens (tertiary/aromatic N) is 3. The molecule has 1 atom stereocenters. The zero-order chi connectivity index (χ0) is 19.8. The van der Waals surface area contributed by atoms with Gasteiger partial charge in [-0.15, -0.1) is 0 Å². The Kier molecular flexibility index (Phi) is 5.33. The Morgan fingerprint density at radius 3 is 2.74 bits per heavy atom. The molecule has 1 aromatic carbocycles. The van der Waals surface area contributed by atoms with Gasteiger partial charge in [-0.2, -0.15) is 0 Å². The average Bonchev–Trinajstić information content (AvgIpc) is 2.62. The molecule has 7 nitrogen and oxygen atoms in total. The van der Waals surface area contributed by atoms with Gasteiger partial charge in [-0.25, -0.2) is 0 Å². The summed E-state index contributed by atoms with van der Waals surface area (Å²) in [6.45, 7) is 6.99. The van der Waals surface area contributed by atoms with E-state index in [0.29, 0.717) is 18.6 Å². The van der Waals surface area contributed by atoms with Crippen LogP contribution in [0.25, 0.3) is 0 Å². The predicted octanol–water partition coefficient (Wildman–Crippen LogP) is 1.19. The van der Waals surface area contributed by atoms with Crippen molar-refractivity contribution in [1.29, 1.82) is 0 Å². The van der Waals surface area contributed by atoms with E-state index in [0.717, 1.165) is 31.1 Å². The molecular formula is C20H30N4O3. The van der Waals surface area contributed by atoms with Gasteiger partial charge < -0.3 is 24.8 Å². The maximum Gasteiger partial charge on any atom is 0.253 e. The molecule has 2 amide bonds. The molecule has 1 N–H and O–H groups in total. The van der Waals surface area contributed by atoms with Crippen LogP contribution in [0.4, 0.5) is 5.69 Å². The number of piperazine rings is 1. The second-order valence-corrected chi connectivity index (χ2v) is 8.20. The summed E-state index contributed by atoms with van der Waals surface area (Å²) in [5, 5.41) is 3.35. The Balaban J connectivity index is 1.76. The van der Waals surface area contributed by atoms with E-state index in [2.05, 4.69) is 24.1 Å². The number of likely N-dealkylation sites (N-methyl/N-ethyl adjacent to an activating group) is 1. The van der Waals surface area contributed by atoms with Crippen LogP contribution < -0.4 is 15.0 Å². The molecule has 0 bridgehead atoms. The van der Waals surface area contributed by atoms with Crippen LogP contribution in [-0.2, 0) is 4.79 Å². The SMILES string of the molecule is CN(C)C(=O)c1ccc2c(c1)N(C)C(CC(=O)N1CCNCC1(C)C)CO2. The summed E-state index contributed by atoms with van der Waals surface area (Å²) in [7, 11) is 5.43. The van der Waals surface area contributed by atoms with Crippen molar-refractivity contribution in [3.8, 4) is 5.75 Å². The maximum absolute atomic E-state index is 13.0. The summed E-state index contributed by atoms with van der Waals surface area (Å²) < 4.78 is 5.89. The Bertz CT molecular complexity index is 732. The van der Waals surface area contributed by atoms with E-state index in [-0.39, 0.29) is 23.4 Å². The second kappa shape index (κ2) is 7.38. The highest BCUT2D eigenvalue weighted by molar-refractivity contribution is 5.95. The second-order valence-electron chi connectivity index (χ2n) is 8.20. The molecule has 2 aliphatic heterocycles. The number of ether oxygens (including phenoxy) is 1. The molecule has 2 aliphatic rings. The minimum atomic E-state index is -0.188. The average molecular weight is 374 g/mol. The van der Waals surface area contributed by atoms with Crippen molar-refractivity contribution in [3.63, 3.8) is 0 Å². The lowest BCUT2D eigenvalue weighted by atomic mass is 9.98. The van der Waals surface area contributed by atoms with Crippen LogP contribution in [0.1, 0.15) is 30.6 Å². The van der Waals surface area contributed by atoms with Crippen LogP contribution in [0.15, 0.2) is 18.2 Å². The summed E-state index contributed by atoms with van der Waals surface area (Å²) >= 11 is 0. The van der Waals surface area contributed by atoms with Gasteiger partial charge in [0.2, 0.25) is 5.91 Å². The predicted molar refractivity (Wildman–Crippen MR) is 105 cm³/mol. The van der Waals surface area contributed by atoms with Gasteiger partial charge in [0.1, 0.15) is 12.4 Å². The van der Waals surface area contributed by atoms with Crippen molar-refractivity contribution >= 4 is 17.5 Å². The van der Waals surface area contributed by atoms with Gasteiger partial charge in [0.15, 0.2) is 0 Å². The van der Waals surface area contributed by atoms with Crippen LogP contribution in [0.5, 0.6) is 5.75 Å². The van der Waals surface area contributed by atoms with E-state index in [1.807, 2.05) is 24.1 Å². The molecule has 1 saturated heterocycles. The Labute approximate surface area is 161 Å². The smallest absolute Gasteiger partial charge is 0.253 e. The summed E-state index contributed by atoms with van der Waals surface area (Å²) in [4.78, 5) is 30.8. The summed E-state index contributed by atoms with van der Waals surface area (Å²) in [5.41, 5.74) is 1.28. The number of anilines is 1. The largest absolute Gasteiger partial charge is 0.489 e. The van der Waals surface area contributed by atoms with E-state index >= 15 is 0 Å². The summed E-state index contributed by atoms with van der Waals surface area (Å²) in [6.07, 6.45) is 0.394. The van der Waals surface area contributed by atoms with Crippen LogP contribution in [0, 0.1) is 0 Å². The molecule has 27 heavy (non-hydrogen) atoms. The number of carbonyl (C=O) groups is 2. The molecule has 0 saturated carbocycles. The van der Waals surface area contributed by atoms with E-state index in [9.17, 15) is 9.59 Å². The monoisotopic (exact) mass is 374 g/mol. The third-order valence-electron chi connectivity index (χ3n) is 5.48. The Hall–Kier alpha value is -2.28. The van der Waals surface area contributed by atoms with Crippen molar-refractivity contribution < 1.29 is 14.3 Å². The molecule has 0 spiro atoms. The first-order chi connectivity index (χ1) is 12.7. The van der Waals surface area contributed by atoms with Gasteiger partial charge in [-0.3, -0.25) is 9.59 Å². The summed E-state index contributed by atoms with van der Waals surface area (Å²) in [5.74, 6) is 0.844. The normalized spacial score (nSPS) is 21.3. The fraction of sp³-hybridized carbons (Fsp3) is 0.600. The molecule has 0 aliphatic carbocycles. The van der Waals surface area contributed by atoms with Gasteiger partial charge in [0.05, 0.1) is 18.2 Å². The third-order valence-corrected chi connectivity index (χ3v) is 5.48. The molecule has 148 valence electrons. The number of rotatable bonds is 3. The molecule has 1 unspecified atom stereocenters.